The van der Waals surface area contributed by atoms with Gasteiger partial charge in [0.2, 0.25) is 0 Å². The molecule has 1 aliphatic heterocycles. The van der Waals surface area contributed by atoms with Gasteiger partial charge in [-0.25, -0.2) is 0 Å². The lowest BCUT2D eigenvalue weighted by atomic mass is 10.0. The first-order chi connectivity index (χ1) is 9.10. The Hall–Kier alpha value is -0.420. The van der Waals surface area contributed by atoms with E-state index in [2.05, 4.69) is 19.3 Å². The normalized spacial score (nSPS) is 15.4. The van der Waals surface area contributed by atoms with Crippen molar-refractivity contribution in [1.82, 2.24) is 5.43 Å². The highest BCUT2D eigenvalue weighted by Gasteiger charge is 2.20. The molecule has 0 bridgehead atoms. The molecule has 2 rings (SSSR count). The molecule has 5 heteroatoms. The molecule has 1 unspecified atom stereocenters. The molecule has 3 N–H and O–H groups in total. The van der Waals surface area contributed by atoms with E-state index in [0.29, 0.717) is 5.25 Å². The van der Waals surface area contributed by atoms with Crippen LogP contribution in [0.15, 0.2) is 12.1 Å². The Kier molecular flexibility index (Phi) is 5.39. The smallest absolute Gasteiger partial charge is 0.125 e. The standard InChI is InChI=1S/C14H21ClN2OS/c1-9(2)19-8-13(17-16)7-11-6-12(15)5-10-3-4-18-14(10)11/h5-6,9,13,17H,3-4,7-8,16H2,1-2H3. The van der Waals surface area contributed by atoms with Crippen molar-refractivity contribution in [3.63, 3.8) is 0 Å². The number of hydrazine groups is 1. The van der Waals surface area contributed by atoms with Crippen LogP contribution in [0.3, 0.4) is 0 Å². The largest absolute Gasteiger partial charge is 0.493 e. The van der Waals surface area contributed by atoms with E-state index < -0.39 is 0 Å². The minimum atomic E-state index is 0.235. The second kappa shape index (κ2) is 6.84. The van der Waals surface area contributed by atoms with Crippen LogP contribution >= 0.6 is 23.4 Å². The zero-order valence-corrected chi connectivity index (χ0v) is 13.0. The maximum absolute atomic E-state index is 6.17. The van der Waals surface area contributed by atoms with Crippen molar-refractivity contribution in [2.24, 2.45) is 5.84 Å². The van der Waals surface area contributed by atoms with Crippen molar-refractivity contribution in [3.8, 4) is 5.75 Å². The van der Waals surface area contributed by atoms with E-state index in [-0.39, 0.29) is 6.04 Å². The molecule has 0 spiro atoms. The van der Waals surface area contributed by atoms with Gasteiger partial charge in [-0.15, -0.1) is 0 Å². The molecule has 1 aromatic carbocycles. The van der Waals surface area contributed by atoms with E-state index in [1.165, 1.54) is 5.56 Å². The number of ether oxygens (including phenoxy) is 1. The van der Waals surface area contributed by atoms with Crippen LogP contribution in [0.4, 0.5) is 0 Å². The summed E-state index contributed by atoms with van der Waals surface area (Å²) in [6.45, 7) is 5.14. The van der Waals surface area contributed by atoms with Crippen LogP contribution in [0, 0.1) is 0 Å². The predicted molar refractivity (Wildman–Crippen MR) is 83.1 cm³/mol. The Bertz CT molecular complexity index is 440. The maximum Gasteiger partial charge on any atom is 0.125 e. The summed E-state index contributed by atoms with van der Waals surface area (Å²) in [5.41, 5.74) is 5.27. The Morgan fingerprint density at radius 1 is 1.47 bits per heavy atom. The summed E-state index contributed by atoms with van der Waals surface area (Å²) < 4.78 is 5.72. The van der Waals surface area contributed by atoms with Gasteiger partial charge in [-0.05, 0) is 34.9 Å². The van der Waals surface area contributed by atoms with Crippen LogP contribution in [0.2, 0.25) is 5.02 Å². The Morgan fingerprint density at radius 2 is 2.26 bits per heavy atom. The highest BCUT2D eigenvalue weighted by molar-refractivity contribution is 7.99. The van der Waals surface area contributed by atoms with Gasteiger partial charge in [0.05, 0.1) is 6.61 Å². The third kappa shape index (κ3) is 4.02. The fourth-order valence-electron chi connectivity index (χ4n) is 2.24. The van der Waals surface area contributed by atoms with Crippen LogP contribution < -0.4 is 16.0 Å². The van der Waals surface area contributed by atoms with Crippen molar-refractivity contribution in [2.75, 3.05) is 12.4 Å². The lowest BCUT2D eigenvalue weighted by molar-refractivity contribution is 0.352. The molecule has 0 amide bonds. The number of nitrogens with two attached hydrogens (primary N) is 1. The average molecular weight is 301 g/mol. The van der Waals surface area contributed by atoms with E-state index in [1.807, 2.05) is 23.9 Å². The number of fused-ring (bicyclic) bond motifs is 1. The van der Waals surface area contributed by atoms with Gasteiger partial charge in [0.15, 0.2) is 0 Å². The Labute approximate surface area is 124 Å². The van der Waals surface area contributed by atoms with Gasteiger partial charge in [0, 0.05) is 23.2 Å². The highest BCUT2D eigenvalue weighted by atomic mass is 35.5. The van der Waals surface area contributed by atoms with Gasteiger partial charge in [-0.3, -0.25) is 11.3 Å². The van der Waals surface area contributed by atoms with E-state index in [0.717, 1.165) is 41.5 Å². The van der Waals surface area contributed by atoms with Crippen molar-refractivity contribution in [1.29, 1.82) is 0 Å². The molecule has 0 aromatic heterocycles. The average Bonchev–Trinajstić information content (AvgIpc) is 2.81. The first kappa shape index (κ1) is 15.0. The number of thioether (sulfide) groups is 1. The number of hydrogen-bond donors (Lipinski definition) is 2. The maximum atomic E-state index is 6.17. The molecule has 106 valence electrons. The summed E-state index contributed by atoms with van der Waals surface area (Å²) in [6, 6.07) is 4.23. The molecule has 19 heavy (non-hydrogen) atoms. The van der Waals surface area contributed by atoms with Crippen molar-refractivity contribution >= 4 is 23.4 Å². The summed E-state index contributed by atoms with van der Waals surface area (Å²) in [5.74, 6) is 7.65. The van der Waals surface area contributed by atoms with Crippen LogP contribution in [0.5, 0.6) is 5.75 Å². The summed E-state index contributed by atoms with van der Waals surface area (Å²) in [7, 11) is 0. The number of hydrogen-bond acceptors (Lipinski definition) is 4. The first-order valence-electron chi connectivity index (χ1n) is 6.62. The van der Waals surface area contributed by atoms with Crippen molar-refractivity contribution in [2.45, 2.75) is 38.0 Å². The number of benzene rings is 1. The fraction of sp³-hybridized carbons (Fsp3) is 0.571. The zero-order valence-electron chi connectivity index (χ0n) is 11.4. The van der Waals surface area contributed by atoms with Crippen molar-refractivity contribution < 1.29 is 4.74 Å². The second-order valence-corrected chi connectivity index (χ2v) is 7.15. The minimum Gasteiger partial charge on any atom is -0.493 e. The number of rotatable bonds is 6. The molecule has 0 radical (unpaired) electrons. The van der Waals surface area contributed by atoms with Gasteiger partial charge in [-0.1, -0.05) is 25.4 Å². The monoisotopic (exact) mass is 300 g/mol. The van der Waals surface area contributed by atoms with Crippen LogP contribution in [0.1, 0.15) is 25.0 Å². The predicted octanol–water partition coefficient (Wildman–Crippen LogP) is 2.79. The first-order valence-corrected chi connectivity index (χ1v) is 8.04. The molecule has 0 fully saturated rings. The topological polar surface area (TPSA) is 47.3 Å². The van der Waals surface area contributed by atoms with E-state index in [4.69, 9.17) is 22.2 Å². The third-order valence-electron chi connectivity index (χ3n) is 3.16. The van der Waals surface area contributed by atoms with Gasteiger partial charge >= 0.3 is 0 Å². The molecule has 1 atom stereocenters. The fourth-order valence-corrected chi connectivity index (χ4v) is 3.33. The molecule has 1 heterocycles. The SMILES string of the molecule is CC(C)SCC(Cc1cc(Cl)cc2c1OCC2)NN. The van der Waals surface area contributed by atoms with Crippen molar-refractivity contribution in [3.05, 3.63) is 28.3 Å². The highest BCUT2D eigenvalue weighted by Crippen LogP contribution is 2.33. The Morgan fingerprint density at radius 3 is 2.95 bits per heavy atom. The molecule has 0 saturated heterocycles. The summed E-state index contributed by atoms with van der Waals surface area (Å²) in [6.07, 6.45) is 1.80. The Balaban J connectivity index is 2.09. The molecule has 0 saturated carbocycles. The van der Waals surface area contributed by atoms with E-state index in [9.17, 15) is 0 Å². The molecule has 0 aliphatic carbocycles. The molecular weight excluding hydrogens is 280 g/mol. The van der Waals surface area contributed by atoms with E-state index >= 15 is 0 Å². The van der Waals surface area contributed by atoms with Crippen LogP contribution in [-0.2, 0) is 12.8 Å². The molecule has 3 nitrogen and oxygen atoms in total. The summed E-state index contributed by atoms with van der Waals surface area (Å²) in [4.78, 5) is 0. The van der Waals surface area contributed by atoms with Gasteiger partial charge in [0.25, 0.3) is 0 Å². The third-order valence-corrected chi connectivity index (χ3v) is 4.64. The second-order valence-electron chi connectivity index (χ2n) is 5.10. The molecule has 1 aromatic rings. The number of nitrogens with one attached hydrogen (secondary N) is 1. The summed E-state index contributed by atoms with van der Waals surface area (Å²) >= 11 is 8.07. The molecule has 1 aliphatic rings. The quantitative estimate of drug-likeness (QED) is 0.626. The van der Waals surface area contributed by atoms with Crippen LogP contribution in [-0.4, -0.2) is 23.7 Å². The lowest BCUT2D eigenvalue weighted by Gasteiger charge is -2.18. The number of halogens is 1. The minimum absolute atomic E-state index is 0.235. The molecular formula is C14H21ClN2OS. The van der Waals surface area contributed by atoms with Crippen LogP contribution in [0.25, 0.3) is 0 Å². The van der Waals surface area contributed by atoms with E-state index in [1.54, 1.807) is 0 Å². The van der Waals surface area contributed by atoms with Gasteiger partial charge in [0.1, 0.15) is 5.75 Å². The van der Waals surface area contributed by atoms with Gasteiger partial charge < -0.3 is 4.74 Å². The zero-order chi connectivity index (χ0) is 13.8. The lowest BCUT2D eigenvalue weighted by Crippen LogP contribution is -2.39. The summed E-state index contributed by atoms with van der Waals surface area (Å²) in [5, 5.41) is 1.39. The van der Waals surface area contributed by atoms with Gasteiger partial charge in [-0.2, -0.15) is 11.8 Å².